The summed E-state index contributed by atoms with van der Waals surface area (Å²) >= 11 is 0. The number of rotatable bonds is 3. The lowest BCUT2D eigenvalue weighted by atomic mass is 10.0. The predicted molar refractivity (Wildman–Crippen MR) is 90.8 cm³/mol. The predicted octanol–water partition coefficient (Wildman–Crippen LogP) is 2.17. The average molecular weight is 322 g/mol. The Hall–Kier alpha value is -2.91. The molecule has 1 aliphatic heterocycles. The van der Waals surface area contributed by atoms with Crippen LogP contribution in [0.1, 0.15) is 28.8 Å². The van der Waals surface area contributed by atoms with Crippen molar-refractivity contribution in [3.8, 4) is 6.07 Å². The number of aliphatic hydroxyl groups is 1. The maximum absolute atomic E-state index is 12.2. The molecule has 3 rings (SSSR count). The van der Waals surface area contributed by atoms with Crippen molar-refractivity contribution in [3.05, 3.63) is 53.9 Å². The summed E-state index contributed by atoms with van der Waals surface area (Å²) in [6.45, 7) is 1.44. The SMILES string of the molecule is N#Cc1cc(NC(=O)c2cccnc2)ccc1N1CCC(O)CC1. The molecule has 6 heteroatoms. The van der Waals surface area contributed by atoms with Crippen molar-refractivity contribution in [2.24, 2.45) is 0 Å². The molecule has 1 aliphatic rings. The van der Waals surface area contributed by atoms with Crippen molar-refractivity contribution in [1.29, 1.82) is 5.26 Å². The molecular weight excluding hydrogens is 304 g/mol. The van der Waals surface area contributed by atoms with Gasteiger partial charge in [-0.1, -0.05) is 0 Å². The van der Waals surface area contributed by atoms with E-state index in [9.17, 15) is 15.2 Å². The number of nitrogens with one attached hydrogen (secondary N) is 1. The minimum Gasteiger partial charge on any atom is -0.393 e. The zero-order chi connectivity index (χ0) is 16.9. The Labute approximate surface area is 140 Å². The third-order valence-electron chi connectivity index (χ3n) is 4.10. The number of hydrogen-bond donors (Lipinski definition) is 2. The van der Waals surface area contributed by atoms with Gasteiger partial charge in [0.15, 0.2) is 0 Å². The maximum atomic E-state index is 12.2. The fraction of sp³-hybridized carbons (Fsp3) is 0.278. The van der Waals surface area contributed by atoms with Crippen LogP contribution in [0.15, 0.2) is 42.7 Å². The first kappa shape index (κ1) is 16.0. The third kappa shape index (κ3) is 3.53. The highest BCUT2D eigenvalue weighted by molar-refractivity contribution is 6.04. The van der Waals surface area contributed by atoms with Crippen molar-refractivity contribution in [2.45, 2.75) is 18.9 Å². The molecule has 1 aromatic carbocycles. The molecule has 0 atom stereocenters. The number of pyridine rings is 1. The normalized spacial score (nSPS) is 14.9. The van der Waals surface area contributed by atoms with Gasteiger partial charge in [0.1, 0.15) is 6.07 Å². The number of carbonyl (C=O) groups excluding carboxylic acids is 1. The number of hydrogen-bond acceptors (Lipinski definition) is 5. The van der Waals surface area contributed by atoms with E-state index in [-0.39, 0.29) is 12.0 Å². The van der Waals surface area contributed by atoms with Crippen LogP contribution in [0.3, 0.4) is 0 Å². The van der Waals surface area contributed by atoms with Gasteiger partial charge in [0.25, 0.3) is 5.91 Å². The smallest absolute Gasteiger partial charge is 0.257 e. The summed E-state index contributed by atoms with van der Waals surface area (Å²) in [7, 11) is 0. The highest BCUT2D eigenvalue weighted by Crippen LogP contribution is 2.26. The summed E-state index contributed by atoms with van der Waals surface area (Å²) in [4.78, 5) is 18.2. The number of anilines is 2. The molecule has 1 aromatic heterocycles. The molecule has 0 radical (unpaired) electrons. The molecule has 122 valence electrons. The fourth-order valence-electron chi connectivity index (χ4n) is 2.79. The van der Waals surface area contributed by atoms with E-state index in [4.69, 9.17) is 0 Å². The van der Waals surface area contributed by atoms with Crippen LogP contribution in [-0.4, -0.2) is 35.2 Å². The summed E-state index contributed by atoms with van der Waals surface area (Å²) in [6.07, 6.45) is 4.24. The van der Waals surface area contributed by atoms with Gasteiger partial charge in [0.2, 0.25) is 0 Å². The number of nitriles is 1. The van der Waals surface area contributed by atoms with Crippen LogP contribution in [-0.2, 0) is 0 Å². The molecule has 24 heavy (non-hydrogen) atoms. The van der Waals surface area contributed by atoms with Crippen molar-refractivity contribution >= 4 is 17.3 Å². The van der Waals surface area contributed by atoms with Crippen molar-refractivity contribution in [2.75, 3.05) is 23.3 Å². The van der Waals surface area contributed by atoms with Gasteiger partial charge in [-0.3, -0.25) is 9.78 Å². The Bertz CT molecular complexity index is 762. The lowest BCUT2D eigenvalue weighted by Gasteiger charge is -2.32. The van der Waals surface area contributed by atoms with Gasteiger partial charge < -0.3 is 15.3 Å². The zero-order valence-electron chi connectivity index (χ0n) is 13.1. The van der Waals surface area contributed by atoms with Gasteiger partial charge in [-0.05, 0) is 43.2 Å². The van der Waals surface area contributed by atoms with Crippen LogP contribution in [0.25, 0.3) is 0 Å². The average Bonchev–Trinajstić information content (AvgIpc) is 2.63. The quantitative estimate of drug-likeness (QED) is 0.904. The van der Waals surface area contributed by atoms with Crippen LogP contribution in [0.2, 0.25) is 0 Å². The number of amides is 1. The summed E-state index contributed by atoms with van der Waals surface area (Å²) in [5.74, 6) is -0.263. The van der Waals surface area contributed by atoms with Gasteiger partial charge in [0.05, 0.1) is 22.9 Å². The van der Waals surface area contributed by atoms with E-state index >= 15 is 0 Å². The number of piperidine rings is 1. The molecule has 0 aliphatic carbocycles. The van der Waals surface area contributed by atoms with E-state index in [1.165, 1.54) is 6.20 Å². The number of nitrogens with zero attached hydrogens (tertiary/aromatic N) is 3. The van der Waals surface area contributed by atoms with E-state index in [0.29, 0.717) is 29.7 Å². The Balaban J connectivity index is 1.77. The van der Waals surface area contributed by atoms with E-state index in [0.717, 1.165) is 18.8 Å². The minimum atomic E-state index is -0.263. The lowest BCUT2D eigenvalue weighted by molar-refractivity contribution is 0.102. The van der Waals surface area contributed by atoms with Crippen LogP contribution in [0.5, 0.6) is 0 Å². The molecule has 2 N–H and O–H groups in total. The second-order valence-electron chi connectivity index (χ2n) is 5.76. The third-order valence-corrected chi connectivity index (χ3v) is 4.10. The highest BCUT2D eigenvalue weighted by atomic mass is 16.3. The van der Waals surface area contributed by atoms with Crippen molar-refractivity contribution in [3.63, 3.8) is 0 Å². The van der Waals surface area contributed by atoms with Gasteiger partial charge in [-0.2, -0.15) is 5.26 Å². The van der Waals surface area contributed by atoms with E-state index in [2.05, 4.69) is 21.3 Å². The van der Waals surface area contributed by atoms with Crippen LogP contribution in [0.4, 0.5) is 11.4 Å². The molecule has 6 nitrogen and oxygen atoms in total. The number of carbonyl (C=O) groups is 1. The first-order chi connectivity index (χ1) is 11.7. The van der Waals surface area contributed by atoms with Gasteiger partial charge in [-0.25, -0.2) is 0 Å². The van der Waals surface area contributed by atoms with Gasteiger partial charge in [0, 0.05) is 31.2 Å². The standard InChI is InChI=1S/C18H18N4O2/c19-11-14-10-15(21-18(24)13-2-1-7-20-12-13)3-4-17(14)22-8-5-16(23)6-9-22/h1-4,7,10,12,16,23H,5-6,8-9H2,(H,21,24). The van der Waals surface area contributed by atoms with Crippen LogP contribution in [0, 0.1) is 11.3 Å². The Kier molecular flexibility index (Phi) is 4.73. The number of aromatic nitrogens is 1. The molecule has 1 fully saturated rings. The number of aliphatic hydroxyl groups excluding tert-OH is 1. The number of benzene rings is 1. The second-order valence-corrected chi connectivity index (χ2v) is 5.76. The molecule has 2 heterocycles. The summed E-state index contributed by atoms with van der Waals surface area (Å²) in [5.41, 5.74) is 2.38. The molecule has 0 spiro atoms. The first-order valence-corrected chi connectivity index (χ1v) is 7.86. The molecule has 0 saturated carbocycles. The Morgan fingerprint density at radius 2 is 2.12 bits per heavy atom. The van der Waals surface area contributed by atoms with Gasteiger partial charge >= 0.3 is 0 Å². The van der Waals surface area contributed by atoms with E-state index in [1.807, 2.05) is 6.07 Å². The summed E-state index contributed by atoms with van der Waals surface area (Å²) < 4.78 is 0. The topological polar surface area (TPSA) is 89.2 Å². The van der Waals surface area contributed by atoms with Crippen LogP contribution < -0.4 is 10.2 Å². The second kappa shape index (κ2) is 7.11. The van der Waals surface area contributed by atoms with E-state index < -0.39 is 0 Å². The fourth-order valence-corrected chi connectivity index (χ4v) is 2.79. The van der Waals surface area contributed by atoms with Crippen molar-refractivity contribution in [1.82, 2.24) is 4.98 Å². The Morgan fingerprint density at radius 3 is 2.79 bits per heavy atom. The molecule has 0 unspecified atom stereocenters. The van der Waals surface area contributed by atoms with Crippen LogP contribution >= 0.6 is 0 Å². The first-order valence-electron chi connectivity index (χ1n) is 7.86. The zero-order valence-corrected chi connectivity index (χ0v) is 13.1. The molecule has 2 aromatic rings. The maximum Gasteiger partial charge on any atom is 0.257 e. The molecular formula is C18H18N4O2. The summed E-state index contributed by atoms with van der Waals surface area (Å²) in [5, 5.41) is 21.8. The highest BCUT2D eigenvalue weighted by Gasteiger charge is 2.19. The largest absolute Gasteiger partial charge is 0.393 e. The minimum absolute atomic E-state index is 0.259. The van der Waals surface area contributed by atoms with Crippen molar-refractivity contribution < 1.29 is 9.90 Å². The molecule has 1 amide bonds. The molecule has 0 bridgehead atoms. The molecule has 1 saturated heterocycles. The summed E-state index contributed by atoms with van der Waals surface area (Å²) in [6, 6.07) is 10.9. The van der Waals surface area contributed by atoms with Gasteiger partial charge in [-0.15, -0.1) is 0 Å². The Morgan fingerprint density at radius 1 is 1.33 bits per heavy atom. The van der Waals surface area contributed by atoms with E-state index in [1.54, 1.807) is 30.5 Å². The monoisotopic (exact) mass is 322 g/mol. The lowest BCUT2D eigenvalue weighted by Crippen LogP contribution is -2.36.